The lowest BCUT2D eigenvalue weighted by Gasteiger charge is -2.33. The number of hydrogen-bond donors (Lipinski definition) is 2. The molecule has 5 rings (SSSR count). The van der Waals surface area contributed by atoms with E-state index in [-0.39, 0.29) is 28.4 Å². The Morgan fingerprint density at radius 3 is 2.62 bits per heavy atom. The normalized spacial score (nSPS) is 20.9. The Morgan fingerprint density at radius 1 is 1.23 bits per heavy atom. The number of fused-ring (bicyclic) bond motifs is 2. The third kappa shape index (κ3) is 5.37. The summed E-state index contributed by atoms with van der Waals surface area (Å²) < 4.78 is 43.1. The molecule has 6 nitrogen and oxygen atoms in total. The van der Waals surface area contributed by atoms with Gasteiger partial charge in [-0.2, -0.15) is 23.5 Å². The third-order valence-electron chi connectivity index (χ3n) is 7.60. The first-order valence-electron chi connectivity index (χ1n) is 12.5. The minimum atomic E-state index is -4.60. The number of carbonyl (C=O) groups is 1. The number of thiophene rings is 1. The fourth-order valence-corrected chi connectivity index (χ4v) is 6.91. The molecule has 1 aliphatic carbocycles. The molecule has 0 fully saturated rings. The zero-order chi connectivity index (χ0) is 28.3. The summed E-state index contributed by atoms with van der Waals surface area (Å²) >= 11 is 13.4. The number of hydrogen-bond acceptors (Lipinski definition) is 5. The fourth-order valence-electron chi connectivity index (χ4n) is 5.33. The number of nitriles is 1. The minimum Gasteiger partial charge on any atom is -0.363 e. The van der Waals surface area contributed by atoms with E-state index in [2.05, 4.69) is 42.6 Å². The lowest BCUT2D eigenvalue weighted by atomic mass is 9.72. The molecule has 2 aromatic heterocycles. The van der Waals surface area contributed by atoms with Crippen molar-refractivity contribution in [3.63, 3.8) is 0 Å². The molecule has 0 spiro atoms. The topological polar surface area (TPSA) is 82.7 Å². The van der Waals surface area contributed by atoms with E-state index in [1.165, 1.54) is 29.5 Å². The van der Waals surface area contributed by atoms with Gasteiger partial charge in [0.25, 0.3) is 5.91 Å². The maximum Gasteiger partial charge on any atom is 0.410 e. The second-order valence-electron chi connectivity index (χ2n) is 11.1. The molecule has 3 atom stereocenters. The molecule has 1 aromatic carbocycles. The van der Waals surface area contributed by atoms with E-state index >= 15 is 0 Å². The van der Waals surface area contributed by atoms with Gasteiger partial charge in [0.2, 0.25) is 0 Å². The van der Waals surface area contributed by atoms with Gasteiger partial charge in [-0.1, -0.05) is 50.0 Å². The van der Waals surface area contributed by atoms with Crippen molar-refractivity contribution < 1.29 is 18.0 Å². The molecule has 39 heavy (non-hydrogen) atoms. The molecule has 0 saturated carbocycles. The Morgan fingerprint density at radius 2 is 1.97 bits per heavy atom. The molecule has 0 unspecified atom stereocenters. The highest BCUT2D eigenvalue weighted by Gasteiger charge is 2.47. The summed E-state index contributed by atoms with van der Waals surface area (Å²) in [6.45, 7) is 6.58. The maximum atomic E-state index is 14.1. The zero-order valence-corrected chi connectivity index (χ0v) is 23.7. The molecule has 2 aliphatic rings. The number of nitrogens with one attached hydrogen (secondary N) is 2. The summed E-state index contributed by atoms with van der Waals surface area (Å²) in [6, 6.07) is 5.51. The van der Waals surface area contributed by atoms with E-state index in [9.17, 15) is 23.2 Å². The third-order valence-corrected chi connectivity index (χ3v) is 9.51. The van der Waals surface area contributed by atoms with E-state index in [0.29, 0.717) is 27.1 Å². The highest BCUT2D eigenvalue weighted by Crippen LogP contribution is 2.46. The molecule has 12 heteroatoms. The second-order valence-corrected chi connectivity index (χ2v) is 13.0. The number of benzene rings is 1. The number of anilines is 2. The van der Waals surface area contributed by atoms with Gasteiger partial charge in [0, 0.05) is 17.4 Å². The largest absolute Gasteiger partial charge is 0.410 e. The standard InChI is InChI=1S/C27H26Cl2F3N5OS/c1-26(2,3)14-5-6-15-16(12-33)25(39-21(15)9-14)35-24(38)20-11-23-34-19(13-4-7-17(28)18(29)8-13)10-22(27(30,31)32)37(23)36-20/h4,7-8,11,14,19,22,34H,5-6,9-10H2,1-3H3,(H,35,38)/t14-,19+,22-/m1/s1. The smallest absolute Gasteiger partial charge is 0.363 e. The van der Waals surface area contributed by atoms with Gasteiger partial charge in [0.1, 0.15) is 16.9 Å². The fraction of sp³-hybridized carbons (Fsp3) is 0.444. The van der Waals surface area contributed by atoms with Crippen molar-refractivity contribution in [2.45, 2.75) is 64.7 Å². The van der Waals surface area contributed by atoms with Gasteiger partial charge >= 0.3 is 6.18 Å². The van der Waals surface area contributed by atoms with Crippen molar-refractivity contribution >= 4 is 51.3 Å². The first-order valence-corrected chi connectivity index (χ1v) is 14.1. The van der Waals surface area contributed by atoms with Gasteiger partial charge in [-0.3, -0.25) is 4.79 Å². The lowest BCUT2D eigenvalue weighted by molar-refractivity contribution is -0.173. The van der Waals surface area contributed by atoms with Gasteiger partial charge < -0.3 is 10.6 Å². The van der Waals surface area contributed by atoms with Crippen LogP contribution in [0.3, 0.4) is 0 Å². The maximum absolute atomic E-state index is 14.1. The van der Waals surface area contributed by atoms with E-state index < -0.39 is 24.2 Å². The van der Waals surface area contributed by atoms with Crippen LogP contribution >= 0.6 is 34.5 Å². The Labute approximate surface area is 238 Å². The summed E-state index contributed by atoms with van der Waals surface area (Å²) in [6.07, 6.45) is -2.43. The van der Waals surface area contributed by atoms with Crippen molar-refractivity contribution in [3.05, 3.63) is 61.6 Å². The van der Waals surface area contributed by atoms with Crippen molar-refractivity contribution in [3.8, 4) is 6.07 Å². The Kier molecular flexibility index (Phi) is 7.15. The summed E-state index contributed by atoms with van der Waals surface area (Å²) in [7, 11) is 0. The van der Waals surface area contributed by atoms with Crippen molar-refractivity contribution in [2.24, 2.45) is 11.3 Å². The summed E-state index contributed by atoms with van der Waals surface area (Å²) in [4.78, 5) is 14.3. The van der Waals surface area contributed by atoms with Crippen LogP contribution in [0.25, 0.3) is 0 Å². The second kappa shape index (κ2) is 10.0. The monoisotopic (exact) mass is 595 g/mol. The molecular formula is C27H26Cl2F3N5OS. The van der Waals surface area contributed by atoms with Crippen LogP contribution in [0, 0.1) is 22.7 Å². The zero-order valence-electron chi connectivity index (χ0n) is 21.4. The van der Waals surface area contributed by atoms with Crippen LogP contribution in [0.4, 0.5) is 24.0 Å². The van der Waals surface area contributed by atoms with Gasteiger partial charge in [-0.05, 0) is 53.9 Å². The molecule has 0 radical (unpaired) electrons. The molecule has 1 amide bonds. The Bertz CT molecular complexity index is 1480. The van der Waals surface area contributed by atoms with Crippen LogP contribution in [0.5, 0.6) is 0 Å². The number of amides is 1. The predicted octanol–water partition coefficient (Wildman–Crippen LogP) is 8.19. The van der Waals surface area contributed by atoms with Gasteiger partial charge in [0.15, 0.2) is 11.7 Å². The van der Waals surface area contributed by atoms with Crippen molar-refractivity contribution in [1.82, 2.24) is 9.78 Å². The molecule has 2 N–H and O–H groups in total. The first kappa shape index (κ1) is 27.8. The highest BCUT2D eigenvalue weighted by molar-refractivity contribution is 7.16. The minimum absolute atomic E-state index is 0.0591. The van der Waals surface area contributed by atoms with Gasteiger partial charge in [-0.25, -0.2) is 4.68 Å². The molecular weight excluding hydrogens is 570 g/mol. The van der Waals surface area contributed by atoms with E-state index in [4.69, 9.17) is 23.2 Å². The number of carbonyl (C=O) groups excluding carboxylic acids is 1. The number of aromatic nitrogens is 2. The lowest BCUT2D eigenvalue weighted by Crippen LogP contribution is -2.35. The summed E-state index contributed by atoms with van der Waals surface area (Å²) in [5.41, 5.74) is 1.85. The molecule has 3 heterocycles. The van der Waals surface area contributed by atoms with E-state index in [1.54, 1.807) is 6.07 Å². The predicted molar refractivity (Wildman–Crippen MR) is 147 cm³/mol. The number of nitrogens with zero attached hydrogens (tertiary/aromatic N) is 3. The molecule has 0 saturated heterocycles. The molecule has 0 bridgehead atoms. The summed E-state index contributed by atoms with van der Waals surface area (Å²) in [5.74, 6) is -0.163. The highest BCUT2D eigenvalue weighted by atomic mass is 35.5. The first-order chi connectivity index (χ1) is 18.3. The van der Waals surface area contributed by atoms with Crippen LogP contribution in [0.2, 0.25) is 10.0 Å². The van der Waals surface area contributed by atoms with Crippen molar-refractivity contribution in [1.29, 1.82) is 5.26 Å². The average Bonchev–Trinajstić information content (AvgIpc) is 3.44. The SMILES string of the molecule is CC(C)(C)[C@@H]1CCc2c(sc(NC(=O)c3cc4n(n3)[C@@H](C(F)(F)F)C[C@@H](c3ccc(Cl)c(Cl)c3)N4)c2C#N)C1. The summed E-state index contributed by atoms with van der Waals surface area (Å²) in [5, 5.41) is 20.6. The molecule has 1 aliphatic heterocycles. The number of rotatable bonds is 3. The van der Waals surface area contributed by atoms with Crippen LogP contribution < -0.4 is 10.6 Å². The molecule has 3 aromatic rings. The van der Waals surface area contributed by atoms with Crippen molar-refractivity contribution in [2.75, 3.05) is 10.6 Å². The van der Waals surface area contributed by atoms with Crippen LogP contribution in [0.1, 0.15) is 77.8 Å². The quantitative estimate of drug-likeness (QED) is 0.320. The van der Waals surface area contributed by atoms with Gasteiger partial charge in [-0.15, -0.1) is 11.3 Å². The average molecular weight is 597 g/mol. The van der Waals surface area contributed by atoms with E-state index in [0.717, 1.165) is 34.4 Å². The van der Waals surface area contributed by atoms with Crippen LogP contribution in [-0.4, -0.2) is 21.9 Å². The number of alkyl halides is 3. The van der Waals surface area contributed by atoms with E-state index in [1.807, 2.05) is 0 Å². The van der Waals surface area contributed by atoms with Crippen LogP contribution in [-0.2, 0) is 12.8 Å². The Balaban J connectivity index is 1.43. The van der Waals surface area contributed by atoms with Crippen LogP contribution in [0.15, 0.2) is 24.3 Å². The van der Waals surface area contributed by atoms with Gasteiger partial charge in [0.05, 0.1) is 21.7 Å². The number of halogens is 5. The Hall–Kier alpha value is -2.74. The molecule has 206 valence electrons.